The second-order valence-electron chi connectivity index (χ2n) is 2.54. The van der Waals surface area contributed by atoms with Crippen molar-refractivity contribution in [3.05, 3.63) is 30.3 Å². The Morgan fingerprint density at radius 2 is 1.86 bits per heavy atom. The maximum atomic E-state index is 11.0. The largest absolute Gasteiger partial charge is 0.436 e. The predicted molar refractivity (Wildman–Crippen MR) is 50.4 cm³/mol. The maximum Gasteiger partial charge on any atom is 0.436 e. The van der Waals surface area contributed by atoms with E-state index in [2.05, 4.69) is 10.2 Å². The minimum atomic E-state index is -0.730. The van der Waals surface area contributed by atoms with Crippen LogP contribution in [0, 0.1) is 0 Å². The molecule has 0 aromatic heterocycles. The first-order chi connectivity index (χ1) is 6.68. The molecule has 74 valence electrons. The van der Waals surface area contributed by atoms with Gasteiger partial charge in [-0.15, -0.1) is 0 Å². The van der Waals surface area contributed by atoms with E-state index in [0.29, 0.717) is 5.69 Å². The van der Waals surface area contributed by atoms with Crippen molar-refractivity contribution in [3.8, 4) is 0 Å². The molecule has 5 heteroatoms. The lowest BCUT2D eigenvalue weighted by Crippen LogP contribution is -2.27. The molecule has 0 heterocycles. The fourth-order valence-corrected chi connectivity index (χ4v) is 0.783. The van der Waals surface area contributed by atoms with Crippen molar-refractivity contribution in [2.24, 2.45) is 0 Å². The number of nitrogens with one attached hydrogen (secondary N) is 2. The van der Waals surface area contributed by atoms with Crippen LogP contribution in [0.1, 0.15) is 6.92 Å². The number of carbonyl (C=O) groups is 2. The van der Waals surface area contributed by atoms with Crippen LogP contribution in [0.15, 0.2) is 30.3 Å². The summed E-state index contributed by atoms with van der Waals surface area (Å²) in [4.78, 5) is 25.7. The van der Waals surface area contributed by atoms with Gasteiger partial charge in [0.2, 0.25) is 5.91 Å². The van der Waals surface area contributed by atoms with Crippen LogP contribution in [-0.2, 0) is 9.63 Å². The zero-order valence-electron chi connectivity index (χ0n) is 7.61. The van der Waals surface area contributed by atoms with Gasteiger partial charge >= 0.3 is 6.09 Å². The third-order valence-corrected chi connectivity index (χ3v) is 1.31. The summed E-state index contributed by atoms with van der Waals surface area (Å²) in [6.45, 7) is 1.25. The number of hydrogen-bond acceptors (Lipinski definition) is 3. The number of carbonyl (C=O) groups excluding carboxylic acids is 2. The van der Waals surface area contributed by atoms with Gasteiger partial charge in [-0.3, -0.25) is 10.1 Å². The van der Waals surface area contributed by atoms with E-state index in [1.165, 1.54) is 6.92 Å². The molecule has 1 rings (SSSR count). The van der Waals surface area contributed by atoms with E-state index >= 15 is 0 Å². The number of benzene rings is 1. The number of amides is 2. The Labute approximate surface area is 81.0 Å². The highest BCUT2D eigenvalue weighted by atomic mass is 16.7. The number of para-hydroxylation sites is 1. The van der Waals surface area contributed by atoms with Crippen LogP contribution in [0.5, 0.6) is 0 Å². The Morgan fingerprint density at radius 1 is 1.21 bits per heavy atom. The zero-order chi connectivity index (χ0) is 10.4. The van der Waals surface area contributed by atoms with Crippen molar-refractivity contribution in [2.75, 3.05) is 5.32 Å². The highest BCUT2D eigenvalue weighted by Gasteiger charge is 2.02. The molecular formula is C9H10N2O3. The Morgan fingerprint density at radius 3 is 2.43 bits per heavy atom. The average molecular weight is 194 g/mol. The second-order valence-corrected chi connectivity index (χ2v) is 2.54. The molecule has 1 aromatic rings. The van der Waals surface area contributed by atoms with Crippen LogP contribution in [0.2, 0.25) is 0 Å². The van der Waals surface area contributed by atoms with Gasteiger partial charge in [-0.1, -0.05) is 18.2 Å². The van der Waals surface area contributed by atoms with Gasteiger partial charge in [0, 0.05) is 12.6 Å². The Kier molecular flexibility index (Phi) is 3.49. The smallest absolute Gasteiger partial charge is 0.321 e. The molecule has 0 bridgehead atoms. The van der Waals surface area contributed by atoms with Crippen LogP contribution < -0.4 is 10.8 Å². The Bertz CT molecular complexity index is 324. The van der Waals surface area contributed by atoms with Crippen molar-refractivity contribution in [3.63, 3.8) is 0 Å². The third kappa shape index (κ3) is 3.57. The summed E-state index contributed by atoms with van der Waals surface area (Å²) in [7, 11) is 0. The first-order valence-corrected chi connectivity index (χ1v) is 3.98. The van der Waals surface area contributed by atoms with Crippen molar-refractivity contribution in [1.29, 1.82) is 0 Å². The Balaban J connectivity index is 2.38. The fraction of sp³-hybridized carbons (Fsp3) is 0.111. The van der Waals surface area contributed by atoms with E-state index < -0.39 is 12.0 Å². The van der Waals surface area contributed by atoms with Crippen LogP contribution >= 0.6 is 0 Å². The molecule has 0 atom stereocenters. The fourth-order valence-electron chi connectivity index (χ4n) is 0.783. The topological polar surface area (TPSA) is 67.4 Å². The lowest BCUT2D eigenvalue weighted by atomic mass is 10.3. The molecule has 0 spiro atoms. The molecule has 5 nitrogen and oxygen atoms in total. The first-order valence-electron chi connectivity index (χ1n) is 3.98. The Hall–Kier alpha value is -2.04. The summed E-state index contributed by atoms with van der Waals surface area (Å²) < 4.78 is 0. The van der Waals surface area contributed by atoms with Crippen LogP contribution in [0.25, 0.3) is 0 Å². The summed E-state index contributed by atoms with van der Waals surface area (Å²) in [5.74, 6) is -0.437. The summed E-state index contributed by atoms with van der Waals surface area (Å²) in [6, 6.07) is 8.77. The normalized spacial score (nSPS) is 8.93. The van der Waals surface area contributed by atoms with Gasteiger partial charge in [0.25, 0.3) is 0 Å². The van der Waals surface area contributed by atoms with Crippen molar-refractivity contribution >= 4 is 17.7 Å². The minimum Gasteiger partial charge on any atom is -0.321 e. The van der Waals surface area contributed by atoms with Gasteiger partial charge in [-0.05, 0) is 12.1 Å². The van der Waals surface area contributed by atoms with E-state index in [-0.39, 0.29) is 0 Å². The second kappa shape index (κ2) is 4.86. The molecule has 0 radical (unpaired) electrons. The minimum absolute atomic E-state index is 0.437. The number of rotatable bonds is 1. The molecule has 0 saturated carbocycles. The summed E-state index contributed by atoms with van der Waals surface area (Å²) in [6.07, 6.45) is -0.730. The van der Waals surface area contributed by atoms with Crippen LogP contribution in [0.3, 0.4) is 0 Å². The standard InChI is InChI=1S/C9H10N2O3/c1-7(12)11-14-9(13)10-8-5-3-2-4-6-8/h2-6H,1H3,(H,10,13)(H,11,12). The van der Waals surface area contributed by atoms with E-state index in [1.807, 2.05) is 11.5 Å². The van der Waals surface area contributed by atoms with E-state index in [1.54, 1.807) is 24.3 Å². The van der Waals surface area contributed by atoms with E-state index in [4.69, 9.17) is 0 Å². The summed E-state index contributed by atoms with van der Waals surface area (Å²) in [5.41, 5.74) is 2.51. The molecule has 0 unspecified atom stereocenters. The SMILES string of the molecule is CC(=O)NOC(=O)Nc1ccccc1. The highest BCUT2D eigenvalue weighted by molar-refractivity contribution is 5.85. The monoisotopic (exact) mass is 194 g/mol. The van der Waals surface area contributed by atoms with Crippen molar-refractivity contribution in [2.45, 2.75) is 6.92 Å². The predicted octanol–water partition coefficient (Wildman–Crippen LogP) is 1.29. The first kappa shape index (κ1) is 10.0. The third-order valence-electron chi connectivity index (χ3n) is 1.31. The van der Waals surface area contributed by atoms with Gasteiger partial charge < -0.3 is 4.84 Å². The molecule has 0 aliphatic heterocycles. The summed E-state index contributed by atoms with van der Waals surface area (Å²) in [5, 5.41) is 2.42. The molecule has 0 fully saturated rings. The lowest BCUT2D eigenvalue weighted by molar-refractivity contribution is -0.126. The average Bonchev–Trinajstić information content (AvgIpc) is 2.16. The molecule has 0 saturated heterocycles. The number of anilines is 1. The molecule has 1 aromatic carbocycles. The van der Waals surface area contributed by atoms with Gasteiger partial charge in [0.05, 0.1) is 0 Å². The molecular weight excluding hydrogens is 184 g/mol. The zero-order valence-corrected chi connectivity index (χ0v) is 7.61. The van der Waals surface area contributed by atoms with Gasteiger partial charge in [-0.2, -0.15) is 5.48 Å². The van der Waals surface area contributed by atoms with E-state index in [0.717, 1.165) is 0 Å². The van der Waals surface area contributed by atoms with Gasteiger partial charge in [0.15, 0.2) is 0 Å². The highest BCUT2D eigenvalue weighted by Crippen LogP contribution is 2.04. The van der Waals surface area contributed by atoms with Crippen LogP contribution in [-0.4, -0.2) is 12.0 Å². The van der Waals surface area contributed by atoms with Crippen molar-refractivity contribution in [1.82, 2.24) is 5.48 Å². The van der Waals surface area contributed by atoms with Gasteiger partial charge in [0.1, 0.15) is 0 Å². The molecule has 14 heavy (non-hydrogen) atoms. The number of hydrogen-bond donors (Lipinski definition) is 2. The van der Waals surface area contributed by atoms with Crippen molar-refractivity contribution < 1.29 is 14.4 Å². The summed E-state index contributed by atoms with van der Waals surface area (Å²) >= 11 is 0. The molecule has 0 aliphatic carbocycles. The van der Waals surface area contributed by atoms with Gasteiger partial charge in [-0.25, -0.2) is 4.79 Å². The molecule has 2 amide bonds. The quantitative estimate of drug-likeness (QED) is 0.662. The molecule has 0 aliphatic rings. The molecule has 2 N–H and O–H groups in total. The lowest BCUT2D eigenvalue weighted by Gasteiger charge is -2.04. The maximum absolute atomic E-state index is 11.0. The number of hydroxylamine groups is 1. The van der Waals surface area contributed by atoms with Crippen LogP contribution in [0.4, 0.5) is 10.5 Å². The van der Waals surface area contributed by atoms with E-state index in [9.17, 15) is 9.59 Å².